The van der Waals surface area contributed by atoms with Crippen molar-refractivity contribution in [3.8, 4) is 0 Å². The highest BCUT2D eigenvalue weighted by atomic mass is 79.9. The SMILES string of the molecule is O=C(O)CCc1ccccc1NC(=O)Nc1ccc(Br)cc1F. The van der Waals surface area contributed by atoms with Crippen LogP contribution in [0, 0.1) is 5.82 Å². The van der Waals surface area contributed by atoms with Crippen molar-refractivity contribution >= 4 is 39.3 Å². The Morgan fingerprint density at radius 1 is 1.09 bits per heavy atom. The van der Waals surface area contributed by atoms with Crippen LogP contribution < -0.4 is 10.6 Å². The van der Waals surface area contributed by atoms with E-state index in [9.17, 15) is 14.0 Å². The number of carbonyl (C=O) groups excluding carboxylic acids is 1. The lowest BCUT2D eigenvalue weighted by Gasteiger charge is -2.12. The Bertz CT molecular complexity index is 737. The third kappa shape index (κ3) is 5.07. The Labute approximate surface area is 140 Å². The fourth-order valence-corrected chi connectivity index (χ4v) is 2.30. The molecular weight excluding hydrogens is 367 g/mol. The maximum atomic E-state index is 13.7. The Morgan fingerprint density at radius 2 is 1.78 bits per heavy atom. The van der Waals surface area contributed by atoms with Crippen molar-refractivity contribution in [1.82, 2.24) is 0 Å². The van der Waals surface area contributed by atoms with Crippen LogP contribution in [0.15, 0.2) is 46.9 Å². The van der Waals surface area contributed by atoms with Gasteiger partial charge in [0.2, 0.25) is 0 Å². The van der Waals surface area contributed by atoms with Crippen molar-refractivity contribution < 1.29 is 19.1 Å². The first-order valence-corrected chi connectivity index (χ1v) is 7.58. The van der Waals surface area contributed by atoms with E-state index in [4.69, 9.17) is 5.11 Å². The zero-order valence-corrected chi connectivity index (χ0v) is 13.6. The molecule has 0 unspecified atom stereocenters. The average molecular weight is 381 g/mol. The highest BCUT2D eigenvalue weighted by Gasteiger charge is 2.10. The van der Waals surface area contributed by atoms with E-state index in [-0.39, 0.29) is 12.1 Å². The molecule has 120 valence electrons. The quantitative estimate of drug-likeness (QED) is 0.725. The molecule has 5 nitrogen and oxygen atoms in total. The zero-order valence-electron chi connectivity index (χ0n) is 12.0. The summed E-state index contributed by atoms with van der Waals surface area (Å²) in [5.74, 6) is -1.48. The lowest BCUT2D eigenvalue weighted by atomic mass is 10.1. The molecule has 0 aliphatic rings. The van der Waals surface area contributed by atoms with Gasteiger partial charge in [0.05, 0.1) is 5.69 Å². The van der Waals surface area contributed by atoms with Crippen LogP contribution in [0.2, 0.25) is 0 Å². The summed E-state index contributed by atoms with van der Waals surface area (Å²) in [6, 6.07) is 10.6. The molecule has 2 rings (SSSR count). The van der Waals surface area contributed by atoms with E-state index < -0.39 is 17.8 Å². The topological polar surface area (TPSA) is 78.4 Å². The maximum absolute atomic E-state index is 13.7. The Hall–Kier alpha value is -2.41. The number of para-hydroxylation sites is 1. The molecule has 0 saturated heterocycles. The van der Waals surface area contributed by atoms with Crippen LogP contribution in [-0.2, 0) is 11.2 Å². The van der Waals surface area contributed by atoms with Gasteiger partial charge in [-0.2, -0.15) is 0 Å². The van der Waals surface area contributed by atoms with Gasteiger partial charge in [0.15, 0.2) is 0 Å². The second-order valence-corrected chi connectivity index (χ2v) is 5.67. The smallest absolute Gasteiger partial charge is 0.323 e. The normalized spacial score (nSPS) is 10.2. The fourth-order valence-electron chi connectivity index (χ4n) is 1.97. The number of aliphatic carboxylic acids is 1. The number of carboxylic acid groups (broad SMARTS) is 1. The van der Waals surface area contributed by atoms with Crippen LogP contribution in [0.3, 0.4) is 0 Å². The molecule has 0 aromatic heterocycles. The summed E-state index contributed by atoms with van der Waals surface area (Å²) < 4.78 is 14.3. The lowest BCUT2D eigenvalue weighted by molar-refractivity contribution is -0.136. The minimum Gasteiger partial charge on any atom is -0.481 e. The molecule has 0 bridgehead atoms. The van der Waals surface area contributed by atoms with Crippen LogP contribution >= 0.6 is 15.9 Å². The van der Waals surface area contributed by atoms with Crippen molar-refractivity contribution in [1.29, 1.82) is 0 Å². The van der Waals surface area contributed by atoms with E-state index in [1.165, 1.54) is 12.1 Å². The number of aryl methyl sites for hydroxylation is 1. The zero-order chi connectivity index (χ0) is 16.8. The number of halogens is 2. The van der Waals surface area contributed by atoms with Crippen LogP contribution in [-0.4, -0.2) is 17.1 Å². The molecule has 2 aromatic carbocycles. The molecule has 0 heterocycles. The number of carboxylic acids is 1. The van der Waals surface area contributed by atoms with Gasteiger partial charge < -0.3 is 15.7 Å². The molecule has 0 fully saturated rings. The highest BCUT2D eigenvalue weighted by Crippen LogP contribution is 2.21. The summed E-state index contributed by atoms with van der Waals surface area (Å²) >= 11 is 3.14. The highest BCUT2D eigenvalue weighted by molar-refractivity contribution is 9.10. The van der Waals surface area contributed by atoms with Gasteiger partial charge in [-0.25, -0.2) is 9.18 Å². The van der Waals surface area contributed by atoms with E-state index in [2.05, 4.69) is 26.6 Å². The standard InChI is InChI=1S/C16H14BrFN2O3/c17-11-6-7-14(12(18)9-11)20-16(23)19-13-4-2-1-3-10(13)5-8-15(21)22/h1-4,6-7,9H,5,8H2,(H,21,22)(H2,19,20,23). The molecule has 7 heteroatoms. The van der Waals surface area contributed by atoms with Crippen molar-refractivity contribution in [3.63, 3.8) is 0 Å². The number of urea groups is 1. The van der Waals surface area contributed by atoms with Gasteiger partial charge >= 0.3 is 12.0 Å². The molecule has 2 aromatic rings. The minimum absolute atomic E-state index is 0.0400. The van der Waals surface area contributed by atoms with Gasteiger partial charge in [0.25, 0.3) is 0 Å². The van der Waals surface area contributed by atoms with Gasteiger partial charge in [0, 0.05) is 16.6 Å². The summed E-state index contributed by atoms with van der Waals surface area (Å²) in [5, 5.41) is 13.8. The van der Waals surface area contributed by atoms with Crippen molar-refractivity contribution in [2.75, 3.05) is 10.6 Å². The van der Waals surface area contributed by atoms with E-state index in [0.29, 0.717) is 22.1 Å². The first kappa shape index (κ1) is 17.0. The number of benzene rings is 2. The third-order valence-electron chi connectivity index (χ3n) is 3.05. The summed E-state index contributed by atoms with van der Waals surface area (Å²) in [5.41, 5.74) is 1.24. The summed E-state index contributed by atoms with van der Waals surface area (Å²) in [7, 11) is 0. The molecule has 2 amide bonds. The van der Waals surface area contributed by atoms with E-state index >= 15 is 0 Å². The van der Waals surface area contributed by atoms with Crippen LogP contribution in [0.25, 0.3) is 0 Å². The van der Waals surface area contributed by atoms with E-state index in [1.54, 1.807) is 30.3 Å². The van der Waals surface area contributed by atoms with Gasteiger partial charge in [-0.1, -0.05) is 34.1 Å². The van der Waals surface area contributed by atoms with Gasteiger partial charge in [0.1, 0.15) is 5.82 Å². The summed E-state index contributed by atoms with van der Waals surface area (Å²) in [6.45, 7) is 0. The monoisotopic (exact) mass is 380 g/mol. The lowest BCUT2D eigenvalue weighted by Crippen LogP contribution is -2.21. The third-order valence-corrected chi connectivity index (χ3v) is 3.55. The summed E-state index contributed by atoms with van der Waals surface area (Å²) in [4.78, 5) is 22.7. The molecule has 0 atom stereocenters. The fraction of sp³-hybridized carbons (Fsp3) is 0.125. The Balaban J connectivity index is 2.06. The van der Waals surface area contributed by atoms with Gasteiger partial charge in [-0.05, 0) is 36.2 Å². The average Bonchev–Trinajstić information content (AvgIpc) is 2.49. The maximum Gasteiger partial charge on any atom is 0.323 e. The molecule has 0 spiro atoms. The van der Waals surface area contributed by atoms with Crippen LogP contribution in [0.5, 0.6) is 0 Å². The van der Waals surface area contributed by atoms with E-state index in [0.717, 1.165) is 0 Å². The number of rotatable bonds is 5. The number of nitrogens with one attached hydrogen (secondary N) is 2. The largest absolute Gasteiger partial charge is 0.481 e. The number of anilines is 2. The van der Waals surface area contributed by atoms with Crippen molar-refractivity contribution in [2.45, 2.75) is 12.8 Å². The number of hydrogen-bond donors (Lipinski definition) is 3. The van der Waals surface area contributed by atoms with Gasteiger partial charge in [-0.3, -0.25) is 4.79 Å². The number of carbonyl (C=O) groups is 2. The van der Waals surface area contributed by atoms with Gasteiger partial charge in [-0.15, -0.1) is 0 Å². The second kappa shape index (κ2) is 7.73. The van der Waals surface area contributed by atoms with Crippen LogP contribution in [0.4, 0.5) is 20.6 Å². The predicted octanol–water partition coefficient (Wildman–Crippen LogP) is 4.25. The molecule has 23 heavy (non-hydrogen) atoms. The number of amides is 2. The van der Waals surface area contributed by atoms with Crippen molar-refractivity contribution in [3.05, 3.63) is 58.3 Å². The predicted molar refractivity (Wildman–Crippen MR) is 89.1 cm³/mol. The first-order valence-electron chi connectivity index (χ1n) is 6.78. The summed E-state index contributed by atoms with van der Waals surface area (Å²) in [6.07, 6.45) is 0.250. The molecule has 0 saturated carbocycles. The molecule has 0 radical (unpaired) electrons. The minimum atomic E-state index is -0.916. The molecule has 3 N–H and O–H groups in total. The Morgan fingerprint density at radius 3 is 2.48 bits per heavy atom. The molecule has 0 aliphatic heterocycles. The molecule has 0 aliphatic carbocycles. The van der Waals surface area contributed by atoms with Crippen molar-refractivity contribution in [2.24, 2.45) is 0 Å². The molecular formula is C16H14BrFN2O3. The van der Waals surface area contributed by atoms with Crippen LogP contribution in [0.1, 0.15) is 12.0 Å². The second-order valence-electron chi connectivity index (χ2n) is 4.75. The number of hydrogen-bond acceptors (Lipinski definition) is 2. The van der Waals surface area contributed by atoms with E-state index in [1.807, 2.05) is 0 Å². The first-order chi connectivity index (χ1) is 11.0. The Kier molecular flexibility index (Phi) is 5.70.